The molecule has 0 bridgehead atoms. The van der Waals surface area contributed by atoms with Gasteiger partial charge in [-0.05, 0) is 24.1 Å². The molecule has 1 aromatic heterocycles. The van der Waals surface area contributed by atoms with Crippen LogP contribution >= 0.6 is 11.6 Å². The van der Waals surface area contributed by atoms with Gasteiger partial charge < -0.3 is 9.64 Å². The summed E-state index contributed by atoms with van der Waals surface area (Å²) in [5, 5.41) is 14.6. The van der Waals surface area contributed by atoms with Crippen molar-refractivity contribution in [2.75, 3.05) is 19.8 Å². The number of aromatic nitrogens is 4. The van der Waals surface area contributed by atoms with Crippen LogP contribution in [0.4, 0.5) is 0 Å². The molecule has 1 aromatic carbocycles. The Bertz CT molecular complexity index is 661. The van der Waals surface area contributed by atoms with Gasteiger partial charge in [0.2, 0.25) is 5.91 Å². The maximum absolute atomic E-state index is 12.6. The third-order valence-corrected chi connectivity index (χ3v) is 4.11. The quantitative estimate of drug-likeness (QED) is 0.921. The number of hydrogen-bond acceptors (Lipinski definition) is 5. The number of aromatic amines is 1. The number of carbonyl (C=O) groups excluding carboxylic acids is 1. The molecule has 2 aromatic rings. The second-order valence-electron chi connectivity index (χ2n) is 5.21. The molecule has 22 heavy (non-hydrogen) atoms. The van der Waals surface area contributed by atoms with Crippen molar-refractivity contribution in [3.63, 3.8) is 0 Å². The maximum Gasteiger partial charge on any atom is 0.227 e. The minimum atomic E-state index is -0.305. The number of morpholine rings is 1. The van der Waals surface area contributed by atoms with E-state index in [9.17, 15) is 4.79 Å². The van der Waals surface area contributed by atoms with Crippen molar-refractivity contribution < 1.29 is 9.53 Å². The van der Waals surface area contributed by atoms with E-state index < -0.39 is 0 Å². The first-order valence-electron chi connectivity index (χ1n) is 7.00. The van der Waals surface area contributed by atoms with E-state index in [1.165, 1.54) is 0 Å². The number of halogens is 1. The highest BCUT2D eigenvalue weighted by atomic mass is 35.5. The average Bonchev–Trinajstić information content (AvgIpc) is 3.05. The molecule has 0 spiro atoms. The third kappa shape index (κ3) is 3.10. The van der Waals surface area contributed by atoms with Crippen molar-refractivity contribution >= 4 is 17.5 Å². The van der Waals surface area contributed by atoms with E-state index >= 15 is 0 Å². The highest BCUT2D eigenvalue weighted by molar-refractivity contribution is 6.31. The predicted octanol–water partition coefficient (Wildman–Crippen LogP) is 1.30. The Labute approximate surface area is 132 Å². The first-order valence-corrected chi connectivity index (χ1v) is 7.38. The van der Waals surface area contributed by atoms with Crippen LogP contribution in [0.1, 0.15) is 23.0 Å². The van der Waals surface area contributed by atoms with Crippen LogP contribution in [-0.2, 0) is 16.0 Å². The predicted molar refractivity (Wildman–Crippen MR) is 79.3 cm³/mol. The molecule has 2 heterocycles. The molecule has 1 aliphatic heterocycles. The second kappa shape index (κ2) is 6.41. The SMILES string of the molecule is Cc1ccc(CC(=O)N2CCOCC2c2nn[nH]n2)cc1Cl. The van der Waals surface area contributed by atoms with Crippen LogP contribution < -0.4 is 0 Å². The zero-order valence-corrected chi connectivity index (χ0v) is 12.9. The van der Waals surface area contributed by atoms with Gasteiger partial charge in [-0.25, -0.2) is 0 Å². The maximum atomic E-state index is 12.6. The van der Waals surface area contributed by atoms with Crippen LogP contribution in [-0.4, -0.2) is 51.2 Å². The molecular weight excluding hydrogens is 306 g/mol. The van der Waals surface area contributed by atoms with Gasteiger partial charge in [-0.15, -0.1) is 10.2 Å². The Hall–Kier alpha value is -1.99. The number of rotatable bonds is 3. The summed E-state index contributed by atoms with van der Waals surface area (Å²) in [6.45, 7) is 3.33. The summed E-state index contributed by atoms with van der Waals surface area (Å²) >= 11 is 6.12. The van der Waals surface area contributed by atoms with Gasteiger partial charge in [0.25, 0.3) is 0 Å². The summed E-state index contributed by atoms with van der Waals surface area (Å²) in [5.74, 6) is 0.466. The van der Waals surface area contributed by atoms with E-state index in [1.54, 1.807) is 4.90 Å². The fraction of sp³-hybridized carbons (Fsp3) is 0.429. The van der Waals surface area contributed by atoms with Gasteiger partial charge in [0.05, 0.1) is 19.6 Å². The zero-order valence-electron chi connectivity index (χ0n) is 12.1. The Morgan fingerprint density at radius 3 is 3.14 bits per heavy atom. The number of nitrogens with zero attached hydrogens (tertiary/aromatic N) is 4. The van der Waals surface area contributed by atoms with Crippen LogP contribution in [0.3, 0.4) is 0 Å². The standard InChI is InChI=1S/C14H16ClN5O2/c1-9-2-3-10(6-11(9)15)7-13(21)20-4-5-22-8-12(20)14-16-18-19-17-14/h2-3,6,12H,4-5,7-8H2,1H3,(H,16,17,18,19). The van der Waals surface area contributed by atoms with Crippen LogP contribution in [0.5, 0.6) is 0 Å². The highest BCUT2D eigenvalue weighted by Crippen LogP contribution is 2.23. The van der Waals surface area contributed by atoms with Crippen LogP contribution in [0.25, 0.3) is 0 Å². The molecule has 3 rings (SSSR count). The van der Waals surface area contributed by atoms with Gasteiger partial charge in [-0.2, -0.15) is 5.21 Å². The van der Waals surface area contributed by atoms with Crippen molar-refractivity contribution in [1.82, 2.24) is 25.5 Å². The third-order valence-electron chi connectivity index (χ3n) is 3.70. The minimum absolute atomic E-state index is 0.00183. The van der Waals surface area contributed by atoms with E-state index in [1.807, 2.05) is 25.1 Å². The molecule has 116 valence electrons. The smallest absolute Gasteiger partial charge is 0.227 e. The van der Waals surface area contributed by atoms with Crippen molar-refractivity contribution in [1.29, 1.82) is 0 Å². The molecule has 8 heteroatoms. The van der Waals surface area contributed by atoms with Crippen molar-refractivity contribution in [3.8, 4) is 0 Å². The molecule has 1 amide bonds. The minimum Gasteiger partial charge on any atom is -0.377 e. The largest absolute Gasteiger partial charge is 0.377 e. The first kappa shape index (κ1) is 14.9. The van der Waals surface area contributed by atoms with Crippen molar-refractivity contribution in [2.45, 2.75) is 19.4 Å². The lowest BCUT2D eigenvalue weighted by Crippen LogP contribution is -2.44. The highest BCUT2D eigenvalue weighted by Gasteiger charge is 2.31. The van der Waals surface area contributed by atoms with Gasteiger partial charge in [-0.1, -0.05) is 28.9 Å². The monoisotopic (exact) mass is 321 g/mol. The summed E-state index contributed by atoms with van der Waals surface area (Å²) < 4.78 is 5.43. The molecule has 1 N–H and O–H groups in total. The van der Waals surface area contributed by atoms with Gasteiger partial charge in [0.15, 0.2) is 5.82 Å². The Kier molecular flexibility index (Phi) is 4.35. The molecule has 1 saturated heterocycles. The number of tetrazole rings is 1. The van der Waals surface area contributed by atoms with Gasteiger partial charge in [-0.3, -0.25) is 4.79 Å². The van der Waals surface area contributed by atoms with Gasteiger partial charge >= 0.3 is 0 Å². The van der Waals surface area contributed by atoms with E-state index in [0.29, 0.717) is 30.6 Å². The van der Waals surface area contributed by atoms with Crippen LogP contribution in [0, 0.1) is 6.92 Å². The van der Waals surface area contributed by atoms with Crippen molar-refractivity contribution in [3.05, 3.63) is 40.2 Å². The summed E-state index contributed by atoms with van der Waals surface area (Å²) in [6.07, 6.45) is 0.286. The molecule has 0 aliphatic carbocycles. The van der Waals surface area contributed by atoms with Crippen LogP contribution in [0.15, 0.2) is 18.2 Å². The number of carbonyl (C=O) groups is 1. The molecule has 1 atom stereocenters. The average molecular weight is 322 g/mol. The lowest BCUT2D eigenvalue weighted by Gasteiger charge is -2.33. The molecule has 0 radical (unpaired) electrons. The first-order chi connectivity index (χ1) is 10.6. The number of ether oxygens (including phenoxy) is 1. The summed E-state index contributed by atoms with van der Waals surface area (Å²) in [6, 6.07) is 5.36. The molecular formula is C14H16ClN5O2. The van der Waals surface area contributed by atoms with E-state index in [2.05, 4.69) is 20.6 Å². The lowest BCUT2D eigenvalue weighted by atomic mass is 10.1. The lowest BCUT2D eigenvalue weighted by molar-refractivity contribution is -0.139. The summed E-state index contributed by atoms with van der Waals surface area (Å²) in [4.78, 5) is 14.3. The number of hydrogen-bond donors (Lipinski definition) is 1. The number of aryl methyl sites for hydroxylation is 1. The van der Waals surface area contributed by atoms with Gasteiger partial charge in [0, 0.05) is 11.6 Å². The van der Waals surface area contributed by atoms with E-state index in [-0.39, 0.29) is 18.4 Å². The van der Waals surface area contributed by atoms with E-state index in [0.717, 1.165) is 11.1 Å². The van der Waals surface area contributed by atoms with E-state index in [4.69, 9.17) is 16.3 Å². The van der Waals surface area contributed by atoms with Gasteiger partial charge in [0.1, 0.15) is 6.04 Å². The molecule has 0 saturated carbocycles. The Balaban J connectivity index is 1.75. The second-order valence-corrected chi connectivity index (χ2v) is 5.62. The van der Waals surface area contributed by atoms with Crippen molar-refractivity contribution in [2.24, 2.45) is 0 Å². The zero-order chi connectivity index (χ0) is 15.5. The topological polar surface area (TPSA) is 84.0 Å². The Morgan fingerprint density at radius 2 is 2.41 bits per heavy atom. The van der Waals surface area contributed by atoms with Crippen LogP contribution in [0.2, 0.25) is 5.02 Å². The molecule has 1 unspecified atom stereocenters. The fourth-order valence-electron chi connectivity index (χ4n) is 2.45. The number of H-pyrrole nitrogens is 1. The number of amides is 1. The molecule has 1 aliphatic rings. The number of nitrogens with one attached hydrogen (secondary N) is 1. The number of benzene rings is 1. The molecule has 7 nitrogen and oxygen atoms in total. The Morgan fingerprint density at radius 1 is 1.55 bits per heavy atom. The fourth-order valence-corrected chi connectivity index (χ4v) is 2.65. The summed E-state index contributed by atoms with van der Waals surface area (Å²) in [5.41, 5.74) is 1.88. The normalized spacial score (nSPS) is 18.5. The molecule has 1 fully saturated rings. The summed E-state index contributed by atoms with van der Waals surface area (Å²) in [7, 11) is 0.